The molecule has 3 aromatic rings. The topological polar surface area (TPSA) is 72.5 Å². The van der Waals surface area contributed by atoms with Crippen LogP contribution in [0.1, 0.15) is 16.7 Å². The van der Waals surface area contributed by atoms with Crippen molar-refractivity contribution in [2.24, 2.45) is 0 Å². The van der Waals surface area contributed by atoms with Crippen LogP contribution in [0.2, 0.25) is 0 Å². The summed E-state index contributed by atoms with van der Waals surface area (Å²) in [6, 6.07) is 10.3. The van der Waals surface area contributed by atoms with Gasteiger partial charge in [-0.05, 0) is 41.1 Å². The Hall–Kier alpha value is -2.25. The second-order valence-electron chi connectivity index (χ2n) is 6.93. The van der Waals surface area contributed by atoms with Crippen molar-refractivity contribution >= 4 is 38.1 Å². The van der Waals surface area contributed by atoms with Gasteiger partial charge in [0.15, 0.2) is 10.3 Å². The van der Waals surface area contributed by atoms with Gasteiger partial charge in [-0.15, -0.1) is 0 Å². The van der Waals surface area contributed by atoms with Crippen LogP contribution in [0.3, 0.4) is 0 Å². The van der Waals surface area contributed by atoms with Gasteiger partial charge in [0.2, 0.25) is 0 Å². The fraction of sp³-hybridized carbons (Fsp3) is 0.100. The summed E-state index contributed by atoms with van der Waals surface area (Å²) in [7, 11) is -5.20. The first kappa shape index (κ1) is 25.4. The Bertz CT molecular complexity index is 1340. The fourth-order valence-electron chi connectivity index (χ4n) is 3.32. The van der Waals surface area contributed by atoms with Gasteiger partial charge in [0.25, 0.3) is 0 Å². The van der Waals surface area contributed by atoms with Gasteiger partial charge in [-0.25, -0.2) is 8.42 Å². The van der Waals surface area contributed by atoms with Crippen molar-refractivity contribution in [3.63, 3.8) is 0 Å². The predicted molar refractivity (Wildman–Crippen MR) is 104 cm³/mol. The van der Waals surface area contributed by atoms with E-state index in [-0.39, 0.29) is 51.3 Å². The first-order valence-electron chi connectivity index (χ1n) is 8.80. The van der Waals surface area contributed by atoms with Crippen LogP contribution in [-0.4, -0.2) is 13.0 Å². The molecule has 1 aliphatic heterocycles. The summed E-state index contributed by atoms with van der Waals surface area (Å²) in [6.45, 7) is 0. The summed E-state index contributed by atoms with van der Waals surface area (Å²) in [4.78, 5) is 0. The minimum Gasteiger partial charge on any atom is -0.731 e. The summed E-state index contributed by atoms with van der Waals surface area (Å²) in [6.07, 6.45) is -9.53. The maximum atomic E-state index is 13.2. The average molecular weight is 496 g/mol. The van der Waals surface area contributed by atoms with Gasteiger partial charge in [-0.3, -0.25) is 4.31 Å². The summed E-state index contributed by atoms with van der Waals surface area (Å²) in [5.74, 6) is 0. The smallest absolute Gasteiger partial charge is 0.731 e. The van der Waals surface area contributed by atoms with E-state index < -0.39 is 45.0 Å². The second kappa shape index (κ2) is 8.51. The molecule has 168 valence electrons. The van der Waals surface area contributed by atoms with E-state index in [0.717, 1.165) is 0 Å². The molecule has 0 fully saturated rings. The van der Waals surface area contributed by atoms with Gasteiger partial charge in [-0.1, -0.05) is 24.3 Å². The molecule has 0 spiro atoms. The van der Waals surface area contributed by atoms with Crippen LogP contribution in [0.25, 0.3) is 16.5 Å². The van der Waals surface area contributed by atoms with Gasteiger partial charge in [0.1, 0.15) is 0 Å². The molecule has 0 amide bonds. The predicted octanol–water partition coefficient (Wildman–Crippen LogP) is 2.57. The molecule has 5 nitrogen and oxygen atoms in total. The van der Waals surface area contributed by atoms with E-state index in [4.69, 9.17) is 0 Å². The summed E-state index contributed by atoms with van der Waals surface area (Å²) in [5.41, 5.74) is -4.28. The molecular weight excluding hydrogens is 485 g/mol. The van der Waals surface area contributed by atoms with Crippen molar-refractivity contribution in [2.45, 2.75) is 12.4 Å². The number of fused-ring (bicyclic) bond motifs is 2. The van der Waals surface area contributed by atoms with E-state index >= 15 is 0 Å². The zero-order chi connectivity index (χ0) is 23.5. The van der Waals surface area contributed by atoms with Crippen LogP contribution >= 0.6 is 0 Å². The molecule has 0 unspecified atom stereocenters. The molecule has 0 saturated carbocycles. The van der Waals surface area contributed by atoms with Gasteiger partial charge in [0, 0.05) is 11.8 Å². The van der Waals surface area contributed by atoms with Crippen LogP contribution in [0.4, 0.5) is 37.7 Å². The van der Waals surface area contributed by atoms with Gasteiger partial charge >= 0.3 is 41.9 Å². The molecular formula is C20H11F6N2NaO3S. The van der Waals surface area contributed by atoms with Crippen molar-refractivity contribution in [1.29, 1.82) is 0 Å². The maximum absolute atomic E-state index is 13.2. The molecule has 0 radical (unpaired) electrons. The Morgan fingerprint density at radius 3 is 1.82 bits per heavy atom. The Morgan fingerprint density at radius 1 is 0.818 bits per heavy atom. The molecule has 4 rings (SSSR count). The minimum atomic E-state index is -5.20. The number of alkyl halides is 6. The normalized spacial score (nSPS) is 14.3. The van der Waals surface area contributed by atoms with Crippen LogP contribution in [0, 0.1) is 0 Å². The maximum Gasteiger partial charge on any atom is 1.00 e. The zero-order valence-electron chi connectivity index (χ0n) is 16.6. The Balaban J connectivity index is 0.00000306. The van der Waals surface area contributed by atoms with E-state index in [0.29, 0.717) is 29.1 Å². The fourth-order valence-corrected chi connectivity index (χ4v) is 3.94. The number of anilines is 2. The van der Waals surface area contributed by atoms with Crippen molar-refractivity contribution in [3.05, 3.63) is 77.5 Å². The van der Waals surface area contributed by atoms with Crippen LogP contribution in [0.5, 0.6) is 0 Å². The molecule has 0 saturated heterocycles. The first-order chi connectivity index (χ1) is 14.7. The number of benzene rings is 3. The van der Waals surface area contributed by atoms with Gasteiger partial charge in [-0.2, -0.15) is 26.3 Å². The molecule has 3 aromatic carbocycles. The molecule has 1 N–H and O–H groups in total. The van der Waals surface area contributed by atoms with Crippen molar-refractivity contribution in [2.75, 3.05) is 9.62 Å². The number of rotatable bonds is 2. The first-order valence-corrected chi connectivity index (χ1v) is 10.2. The summed E-state index contributed by atoms with van der Waals surface area (Å²) >= 11 is 0. The largest absolute Gasteiger partial charge is 1.00 e. The molecule has 0 aromatic heterocycles. The summed E-state index contributed by atoms with van der Waals surface area (Å²) in [5, 5.41) is 3.81. The van der Waals surface area contributed by atoms with Crippen molar-refractivity contribution in [3.8, 4) is 0 Å². The Morgan fingerprint density at radius 2 is 1.33 bits per heavy atom. The molecule has 0 bridgehead atoms. The van der Waals surface area contributed by atoms with Crippen LogP contribution < -0.4 is 39.2 Å². The van der Waals surface area contributed by atoms with E-state index in [1.54, 1.807) is 24.3 Å². The average Bonchev–Trinajstić information content (AvgIpc) is 2.69. The molecule has 1 aliphatic rings. The Kier molecular flexibility index (Phi) is 6.54. The second-order valence-corrected chi connectivity index (χ2v) is 8.18. The van der Waals surface area contributed by atoms with E-state index in [1.165, 1.54) is 12.1 Å². The number of hydrogen-bond acceptors (Lipinski definition) is 4. The quantitative estimate of drug-likeness (QED) is 0.337. The zero-order valence-corrected chi connectivity index (χ0v) is 19.4. The third kappa shape index (κ3) is 5.14. The van der Waals surface area contributed by atoms with E-state index in [9.17, 15) is 39.3 Å². The monoisotopic (exact) mass is 496 g/mol. The molecule has 0 aliphatic carbocycles. The third-order valence-corrected chi connectivity index (χ3v) is 5.54. The Labute approximate surface area is 205 Å². The number of hydrogen-bond donors (Lipinski definition) is 1. The molecule has 1 heterocycles. The molecule has 13 heteroatoms. The van der Waals surface area contributed by atoms with E-state index in [2.05, 4.69) is 5.32 Å². The number of nitrogens with one attached hydrogen (secondary N) is 1. The minimum absolute atomic E-state index is 0. The standard InChI is InChI=1S/C20H12F6N2O3S.Na/c21-19(22,23)14-5-13(6-15(9-14)20(24,25)26)17-10-28(32(29,30)31)18-8-12-4-2-1-3-11(12)7-16(18)27-17;/h1-10,27H,(H,29,30,31);/q;+1/p-1. The van der Waals surface area contributed by atoms with Crippen molar-refractivity contribution in [1.82, 2.24) is 0 Å². The van der Waals surface area contributed by atoms with Crippen LogP contribution in [0.15, 0.2) is 60.8 Å². The third-order valence-electron chi connectivity index (χ3n) is 4.76. The molecule has 0 atom stereocenters. The SMILES string of the molecule is O=S(=O)([O-])N1C=C(c2cc(C(F)(F)F)cc(C(F)(F)F)c2)Nc2cc3ccccc3cc21.[Na+]. The number of halogens is 6. The molecule has 33 heavy (non-hydrogen) atoms. The summed E-state index contributed by atoms with van der Waals surface area (Å²) < 4.78 is 115. The van der Waals surface area contributed by atoms with E-state index in [1.807, 2.05) is 0 Å². The van der Waals surface area contributed by atoms with Crippen LogP contribution in [-0.2, 0) is 22.7 Å². The van der Waals surface area contributed by atoms with Gasteiger partial charge < -0.3 is 9.87 Å². The van der Waals surface area contributed by atoms with Gasteiger partial charge in [0.05, 0.1) is 28.2 Å². The number of nitrogens with zero attached hydrogens (tertiary/aromatic N) is 1. The van der Waals surface area contributed by atoms with Crippen molar-refractivity contribution < 1.29 is 68.9 Å².